The van der Waals surface area contributed by atoms with E-state index in [-0.39, 0.29) is 6.04 Å². The van der Waals surface area contributed by atoms with Crippen LogP contribution in [-0.4, -0.2) is 46.8 Å². The van der Waals surface area contributed by atoms with Gasteiger partial charge in [-0.05, 0) is 30.7 Å². The third-order valence-electron chi connectivity index (χ3n) is 3.68. The van der Waals surface area contributed by atoms with E-state index in [1.54, 1.807) is 13.2 Å². The summed E-state index contributed by atoms with van der Waals surface area (Å²) in [4.78, 5) is 0. The molecule has 110 valence electrons. The minimum atomic E-state index is -0.921. The van der Waals surface area contributed by atoms with Gasteiger partial charge in [0, 0.05) is 6.04 Å². The lowest BCUT2D eigenvalue weighted by Gasteiger charge is -2.33. The van der Waals surface area contributed by atoms with Crippen molar-refractivity contribution in [3.63, 3.8) is 0 Å². The van der Waals surface area contributed by atoms with E-state index in [9.17, 15) is 10.2 Å². The van der Waals surface area contributed by atoms with Crippen molar-refractivity contribution >= 4 is 0 Å². The monoisotopic (exact) mass is 280 g/mol. The van der Waals surface area contributed by atoms with Gasteiger partial charge in [-0.1, -0.05) is 18.2 Å². The average molecular weight is 280 g/mol. The summed E-state index contributed by atoms with van der Waals surface area (Å²) in [5, 5.41) is 30.8. The molecule has 1 aliphatic rings. The van der Waals surface area contributed by atoms with Crippen LogP contribution in [0.25, 0.3) is 0 Å². The minimum absolute atomic E-state index is 0.0473. The Bertz CT molecular complexity index is 459. The fraction of sp³-hybridized carbons (Fsp3) is 0.467. The number of hydrogen-bond acceptors (Lipinski definition) is 4. The number of aliphatic hydroxyl groups excluding tert-OH is 2. The molecule has 0 aliphatic heterocycles. The van der Waals surface area contributed by atoms with Crippen LogP contribution in [0.4, 0.5) is 0 Å². The Labute approximate surface area is 118 Å². The third kappa shape index (κ3) is 3.19. The number of rotatable bonds is 4. The Morgan fingerprint density at radius 2 is 1.85 bits per heavy atom. The summed E-state index contributed by atoms with van der Waals surface area (Å²) in [6.45, 7) is 1.96. The molecule has 20 heavy (non-hydrogen) atoms. The topological polar surface area (TPSA) is 84.6 Å². The predicted octanol–water partition coefficient (Wildman–Crippen LogP) is 0.0992. The molecule has 5 N–H and O–H groups in total. The van der Waals surface area contributed by atoms with E-state index in [1.165, 1.54) is 6.08 Å². The maximum absolute atomic E-state index is 10.0. The summed E-state index contributed by atoms with van der Waals surface area (Å²) in [6.07, 6.45) is 0.663. The van der Waals surface area contributed by atoms with E-state index in [0.717, 1.165) is 11.3 Å². The molecule has 0 saturated heterocycles. The zero-order valence-corrected chi connectivity index (χ0v) is 11.7. The second-order valence-electron chi connectivity index (χ2n) is 5.08. The third-order valence-corrected chi connectivity index (χ3v) is 3.68. The van der Waals surface area contributed by atoms with Crippen molar-refractivity contribution in [2.75, 3.05) is 7.11 Å². The molecule has 0 aromatic heterocycles. The Morgan fingerprint density at radius 3 is 2.45 bits per heavy atom. The molecular weight excluding hydrogens is 258 g/mol. The summed E-state index contributed by atoms with van der Waals surface area (Å²) in [5.41, 5.74) is 1.03. The molecule has 1 aliphatic carbocycles. The van der Waals surface area contributed by atoms with Crippen LogP contribution in [0.15, 0.2) is 36.4 Å². The predicted molar refractivity (Wildman–Crippen MR) is 76.9 cm³/mol. The van der Waals surface area contributed by atoms with E-state index in [0.29, 0.717) is 0 Å². The van der Waals surface area contributed by atoms with Crippen LogP contribution < -0.4 is 10.1 Å². The first kappa shape index (κ1) is 15.0. The maximum atomic E-state index is 10.0. The van der Waals surface area contributed by atoms with Crippen LogP contribution in [0.3, 0.4) is 0 Å². The molecule has 0 unspecified atom stereocenters. The van der Waals surface area contributed by atoms with Gasteiger partial charge in [-0.15, -0.1) is 0 Å². The smallest absolute Gasteiger partial charge is 0.201 e. The van der Waals surface area contributed by atoms with Gasteiger partial charge in [-0.25, -0.2) is 0 Å². The zero-order chi connectivity index (χ0) is 14.7. The van der Waals surface area contributed by atoms with Crippen molar-refractivity contribution in [2.24, 2.45) is 0 Å². The SMILES string of the molecule is COc1ccc([C@@H](C)N[C@@H]2[C@H](O)[C@@H]([OH2+])C=C[C@H]2O)cc1. The number of methoxy groups -OCH3 is 1. The van der Waals surface area contributed by atoms with E-state index in [2.05, 4.69) is 5.32 Å². The summed E-state index contributed by atoms with van der Waals surface area (Å²) in [6, 6.07) is 7.02. The largest absolute Gasteiger partial charge is 0.497 e. The van der Waals surface area contributed by atoms with Gasteiger partial charge in [0.25, 0.3) is 0 Å². The van der Waals surface area contributed by atoms with Crippen LogP contribution in [0.2, 0.25) is 0 Å². The number of benzene rings is 1. The fourth-order valence-corrected chi connectivity index (χ4v) is 2.37. The lowest BCUT2D eigenvalue weighted by Crippen LogP contribution is -2.54. The van der Waals surface area contributed by atoms with Gasteiger partial charge in [0.1, 0.15) is 11.9 Å². The maximum Gasteiger partial charge on any atom is 0.201 e. The Hall–Kier alpha value is -1.40. The number of ether oxygens (including phenoxy) is 1. The number of aliphatic hydroxyl groups is 2. The molecule has 0 saturated carbocycles. The number of hydrogen-bond donors (Lipinski definition) is 3. The van der Waals surface area contributed by atoms with Crippen molar-refractivity contribution in [1.29, 1.82) is 0 Å². The Morgan fingerprint density at radius 1 is 1.20 bits per heavy atom. The molecule has 5 atom stereocenters. The lowest BCUT2D eigenvalue weighted by atomic mass is 9.92. The van der Waals surface area contributed by atoms with Crippen molar-refractivity contribution in [3.8, 4) is 5.75 Å². The van der Waals surface area contributed by atoms with E-state index >= 15 is 0 Å². The highest BCUT2D eigenvalue weighted by atomic mass is 16.5. The molecule has 1 aromatic rings. The number of nitrogens with one attached hydrogen (secondary N) is 1. The molecule has 0 amide bonds. The Kier molecular flexibility index (Phi) is 4.77. The van der Waals surface area contributed by atoms with Crippen LogP contribution in [-0.2, 0) is 0 Å². The van der Waals surface area contributed by atoms with Crippen LogP contribution >= 0.6 is 0 Å². The summed E-state index contributed by atoms with van der Waals surface area (Å²) < 4.78 is 5.11. The highest BCUT2D eigenvalue weighted by Gasteiger charge is 2.36. The van der Waals surface area contributed by atoms with E-state index < -0.39 is 24.4 Å². The molecule has 0 spiro atoms. The van der Waals surface area contributed by atoms with Crippen LogP contribution in [0.1, 0.15) is 18.5 Å². The lowest BCUT2D eigenvalue weighted by molar-refractivity contribution is -0.0212. The van der Waals surface area contributed by atoms with Crippen molar-refractivity contribution in [2.45, 2.75) is 37.3 Å². The molecule has 5 nitrogen and oxygen atoms in total. The van der Waals surface area contributed by atoms with E-state index in [4.69, 9.17) is 9.84 Å². The highest BCUT2D eigenvalue weighted by molar-refractivity contribution is 5.29. The minimum Gasteiger partial charge on any atom is -0.497 e. The molecule has 0 heterocycles. The first-order valence-electron chi connectivity index (χ1n) is 6.68. The molecule has 5 heteroatoms. The first-order chi connectivity index (χ1) is 9.52. The van der Waals surface area contributed by atoms with Crippen molar-refractivity contribution in [3.05, 3.63) is 42.0 Å². The molecule has 0 fully saturated rings. The van der Waals surface area contributed by atoms with Crippen molar-refractivity contribution in [1.82, 2.24) is 5.32 Å². The molecule has 1 aromatic carbocycles. The van der Waals surface area contributed by atoms with Gasteiger partial charge in [-0.2, -0.15) is 0 Å². The van der Waals surface area contributed by atoms with Crippen molar-refractivity contribution < 1.29 is 20.1 Å². The molecule has 0 bridgehead atoms. The molecular formula is C15H22NO4+. The van der Waals surface area contributed by atoms with Crippen LogP contribution in [0.5, 0.6) is 5.75 Å². The quantitative estimate of drug-likeness (QED) is 0.539. The molecule has 0 radical (unpaired) electrons. The molecule has 2 rings (SSSR count). The summed E-state index contributed by atoms with van der Waals surface area (Å²) in [5.74, 6) is 0.785. The average Bonchev–Trinajstić information content (AvgIpc) is 2.47. The second-order valence-corrected chi connectivity index (χ2v) is 5.08. The van der Waals surface area contributed by atoms with Gasteiger partial charge in [-0.3, -0.25) is 0 Å². The highest BCUT2D eigenvalue weighted by Crippen LogP contribution is 2.21. The Balaban J connectivity index is 2.06. The van der Waals surface area contributed by atoms with Gasteiger partial charge < -0.3 is 25.4 Å². The fourth-order valence-electron chi connectivity index (χ4n) is 2.37. The van der Waals surface area contributed by atoms with Gasteiger partial charge in [0.2, 0.25) is 6.10 Å². The second kappa shape index (κ2) is 6.37. The zero-order valence-electron chi connectivity index (χ0n) is 11.7. The van der Waals surface area contributed by atoms with E-state index in [1.807, 2.05) is 31.2 Å². The standard InChI is InChI=1S/C15H21NO4/c1-9(10-3-5-11(20-2)6-4-10)16-14-12(17)7-8-13(18)15(14)19/h3-9,12-19H,1-2H3/p+1/t9-,12-,13+,14+,15-/m1/s1. The van der Waals surface area contributed by atoms with Gasteiger partial charge in [0.15, 0.2) is 0 Å². The van der Waals surface area contributed by atoms with Gasteiger partial charge in [0.05, 0.1) is 19.3 Å². The normalized spacial score (nSPS) is 31.1. The van der Waals surface area contributed by atoms with Crippen LogP contribution in [0, 0.1) is 0 Å². The summed E-state index contributed by atoms with van der Waals surface area (Å²) >= 11 is 0. The summed E-state index contributed by atoms with van der Waals surface area (Å²) in [7, 11) is 1.62. The first-order valence-corrected chi connectivity index (χ1v) is 6.68. The van der Waals surface area contributed by atoms with Gasteiger partial charge >= 0.3 is 0 Å².